The first-order chi connectivity index (χ1) is 15.0. The zero-order chi connectivity index (χ0) is 21.4. The molecule has 0 aromatic heterocycles. The van der Waals surface area contributed by atoms with Gasteiger partial charge in [-0.2, -0.15) is 0 Å². The van der Waals surface area contributed by atoms with E-state index in [9.17, 15) is 9.59 Å². The summed E-state index contributed by atoms with van der Waals surface area (Å²) in [5, 5.41) is 0. The minimum atomic E-state index is 0.150. The second-order valence-electron chi connectivity index (χ2n) is 10.6. The van der Waals surface area contributed by atoms with Gasteiger partial charge in [-0.3, -0.25) is 9.59 Å². The third-order valence-electron chi connectivity index (χ3n) is 8.27. The van der Waals surface area contributed by atoms with Crippen LogP contribution in [0.5, 0.6) is 5.75 Å². The maximum absolute atomic E-state index is 13.1. The Hall–Kier alpha value is -2.04. The lowest BCUT2D eigenvalue weighted by molar-refractivity contribution is -0.144. The Bertz CT molecular complexity index is 775. The number of benzene rings is 1. The minimum Gasteiger partial charge on any atom is -0.494 e. The van der Waals surface area contributed by atoms with E-state index in [4.69, 9.17) is 4.74 Å². The second-order valence-corrected chi connectivity index (χ2v) is 10.6. The number of ether oxygens (including phenoxy) is 1. The highest BCUT2D eigenvalue weighted by Crippen LogP contribution is 2.61. The monoisotopic (exact) mass is 424 g/mol. The van der Waals surface area contributed by atoms with Gasteiger partial charge in [-0.25, -0.2) is 0 Å². The van der Waals surface area contributed by atoms with Gasteiger partial charge in [-0.05, 0) is 86.3 Å². The summed E-state index contributed by atoms with van der Waals surface area (Å²) in [4.78, 5) is 29.8. The molecule has 0 spiro atoms. The van der Waals surface area contributed by atoms with Crippen molar-refractivity contribution >= 4 is 11.8 Å². The molecule has 1 aromatic rings. The molecule has 1 aliphatic heterocycles. The molecular weight excluding hydrogens is 388 g/mol. The maximum atomic E-state index is 13.1. The molecule has 2 amide bonds. The van der Waals surface area contributed by atoms with Crippen LogP contribution in [0.2, 0.25) is 0 Å². The molecule has 1 heterocycles. The summed E-state index contributed by atoms with van der Waals surface area (Å²) >= 11 is 0. The van der Waals surface area contributed by atoms with Crippen LogP contribution in [0.1, 0.15) is 57.4 Å². The van der Waals surface area contributed by atoms with Crippen molar-refractivity contribution in [2.75, 3.05) is 32.8 Å². The van der Waals surface area contributed by atoms with Crippen molar-refractivity contribution in [3.05, 3.63) is 29.8 Å². The molecule has 1 saturated heterocycles. The number of piperazine rings is 1. The summed E-state index contributed by atoms with van der Waals surface area (Å²) in [7, 11) is 0. The highest BCUT2D eigenvalue weighted by atomic mass is 16.5. The minimum absolute atomic E-state index is 0.150. The topological polar surface area (TPSA) is 49.9 Å². The van der Waals surface area contributed by atoms with E-state index >= 15 is 0 Å². The number of hydrogen-bond acceptors (Lipinski definition) is 3. The summed E-state index contributed by atoms with van der Waals surface area (Å²) in [5.74, 6) is 3.98. The van der Waals surface area contributed by atoms with Gasteiger partial charge in [-0.15, -0.1) is 0 Å². The zero-order valence-corrected chi connectivity index (χ0v) is 18.9. The molecule has 0 atom stereocenters. The van der Waals surface area contributed by atoms with E-state index in [2.05, 4.69) is 0 Å². The zero-order valence-electron chi connectivity index (χ0n) is 18.9. The number of nitrogens with zero attached hydrogens (tertiary/aromatic N) is 2. The summed E-state index contributed by atoms with van der Waals surface area (Å²) in [6.07, 6.45) is 9.26. The summed E-state index contributed by atoms with van der Waals surface area (Å²) in [5.41, 5.74) is 1.31. The molecule has 4 saturated carbocycles. The second kappa shape index (κ2) is 8.48. The number of amides is 2. The Morgan fingerprint density at radius 2 is 1.39 bits per heavy atom. The number of carbonyl (C=O) groups is 2. The van der Waals surface area contributed by atoms with Crippen molar-refractivity contribution in [1.29, 1.82) is 0 Å². The first-order valence-electron chi connectivity index (χ1n) is 12.3. The lowest BCUT2D eigenvalue weighted by Crippen LogP contribution is -2.53. The van der Waals surface area contributed by atoms with Gasteiger partial charge in [0, 0.05) is 32.6 Å². The Morgan fingerprint density at radius 1 is 0.871 bits per heavy atom. The Morgan fingerprint density at radius 3 is 1.90 bits per heavy atom. The van der Waals surface area contributed by atoms with E-state index < -0.39 is 0 Å². The van der Waals surface area contributed by atoms with Crippen molar-refractivity contribution < 1.29 is 14.3 Å². The van der Waals surface area contributed by atoms with Crippen LogP contribution in [0.4, 0.5) is 0 Å². The SMILES string of the molecule is CCOc1ccc(CC(=O)N2CCN(C(=O)CC34CC5CC(CC(C5)C3)C4)CC2)cc1. The Kier molecular flexibility index (Phi) is 5.70. The molecule has 4 aliphatic carbocycles. The standard InChI is InChI=1S/C26H36N2O3/c1-2-31-23-5-3-19(4-6-23)14-24(29)27-7-9-28(10-8-27)25(30)18-26-15-20-11-21(16-26)13-22(12-20)17-26/h3-6,20-22H,2,7-18H2,1H3. The fourth-order valence-corrected chi connectivity index (χ4v) is 7.30. The molecule has 168 valence electrons. The van der Waals surface area contributed by atoms with E-state index in [1.165, 1.54) is 38.5 Å². The third kappa shape index (κ3) is 4.47. The Labute approximate surface area is 186 Å². The van der Waals surface area contributed by atoms with Gasteiger partial charge in [0.15, 0.2) is 0 Å². The molecule has 5 heteroatoms. The molecule has 5 aliphatic rings. The summed E-state index contributed by atoms with van der Waals surface area (Å²) in [6.45, 7) is 5.28. The molecule has 6 rings (SSSR count). The van der Waals surface area contributed by atoms with Gasteiger partial charge in [0.1, 0.15) is 5.75 Å². The predicted molar refractivity (Wildman–Crippen MR) is 120 cm³/mol. The third-order valence-corrected chi connectivity index (χ3v) is 8.27. The van der Waals surface area contributed by atoms with Crippen LogP contribution < -0.4 is 4.74 Å². The lowest BCUT2D eigenvalue weighted by atomic mass is 9.49. The van der Waals surface area contributed by atoms with Crippen LogP contribution in [0, 0.1) is 23.2 Å². The van der Waals surface area contributed by atoms with Crippen LogP contribution >= 0.6 is 0 Å². The first-order valence-corrected chi connectivity index (χ1v) is 12.3. The van der Waals surface area contributed by atoms with E-state index in [0.717, 1.165) is 35.5 Å². The molecular formula is C26H36N2O3. The average Bonchev–Trinajstić information content (AvgIpc) is 2.74. The van der Waals surface area contributed by atoms with Gasteiger partial charge < -0.3 is 14.5 Å². The average molecular weight is 425 g/mol. The van der Waals surface area contributed by atoms with Gasteiger partial charge in [0.25, 0.3) is 0 Å². The molecule has 0 N–H and O–H groups in total. The molecule has 4 bridgehead atoms. The van der Waals surface area contributed by atoms with Crippen LogP contribution in [0.3, 0.4) is 0 Å². The fraction of sp³-hybridized carbons (Fsp3) is 0.692. The molecule has 5 fully saturated rings. The quantitative estimate of drug-likeness (QED) is 0.696. The smallest absolute Gasteiger partial charge is 0.227 e. The first kappa shape index (κ1) is 20.8. The molecule has 5 nitrogen and oxygen atoms in total. The van der Waals surface area contributed by atoms with Crippen LogP contribution in [-0.2, 0) is 16.0 Å². The van der Waals surface area contributed by atoms with Gasteiger partial charge >= 0.3 is 0 Å². The van der Waals surface area contributed by atoms with Crippen molar-refractivity contribution in [3.63, 3.8) is 0 Å². The number of rotatable bonds is 6. The number of carbonyl (C=O) groups excluding carboxylic acids is 2. The number of hydrogen-bond donors (Lipinski definition) is 0. The van der Waals surface area contributed by atoms with Crippen LogP contribution in [0.15, 0.2) is 24.3 Å². The predicted octanol–water partition coefficient (Wildman–Crippen LogP) is 3.91. The van der Waals surface area contributed by atoms with Crippen molar-refractivity contribution in [1.82, 2.24) is 9.80 Å². The van der Waals surface area contributed by atoms with Crippen molar-refractivity contribution in [2.45, 2.75) is 58.3 Å². The highest BCUT2D eigenvalue weighted by Gasteiger charge is 2.51. The molecule has 0 unspecified atom stereocenters. The Balaban J connectivity index is 1.11. The molecule has 31 heavy (non-hydrogen) atoms. The fourth-order valence-electron chi connectivity index (χ4n) is 7.30. The van der Waals surface area contributed by atoms with Crippen LogP contribution in [0.25, 0.3) is 0 Å². The normalized spacial score (nSPS) is 31.7. The maximum Gasteiger partial charge on any atom is 0.227 e. The summed E-state index contributed by atoms with van der Waals surface area (Å²) in [6, 6.07) is 7.78. The van der Waals surface area contributed by atoms with E-state index in [0.29, 0.717) is 50.5 Å². The van der Waals surface area contributed by atoms with E-state index in [1.807, 2.05) is 41.0 Å². The molecule has 1 aromatic carbocycles. The van der Waals surface area contributed by atoms with Gasteiger partial charge in [0.05, 0.1) is 13.0 Å². The van der Waals surface area contributed by atoms with Crippen molar-refractivity contribution in [2.24, 2.45) is 23.2 Å². The summed E-state index contributed by atoms with van der Waals surface area (Å²) < 4.78 is 5.47. The van der Waals surface area contributed by atoms with E-state index in [-0.39, 0.29) is 5.91 Å². The lowest BCUT2D eigenvalue weighted by Gasteiger charge is -2.57. The van der Waals surface area contributed by atoms with Crippen molar-refractivity contribution in [3.8, 4) is 5.75 Å². The van der Waals surface area contributed by atoms with Crippen LogP contribution in [-0.4, -0.2) is 54.4 Å². The highest BCUT2D eigenvalue weighted by molar-refractivity contribution is 5.80. The van der Waals surface area contributed by atoms with E-state index in [1.54, 1.807) is 0 Å². The van der Waals surface area contributed by atoms with Gasteiger partial charge in [0.2, 0.25) is 11.8 Å². The molecule has 0 radical (unpaired) electrons. The largest absolute Gasteiger partial charge is 0.494 e. The van der Waals surface area contributed by atoms with Gasteiger partial charge in [-0.1, -0.05) is 12.1 Å².